The van der Waals surface area contributed by atoms with Crippen LogP contribution < -0.4 is 10.6 Å². The van der Waals surface area contributed by atoms with Crippen LogP contribution in [0.1, 0.15) is 12.6 Å². The van der Waals surface area contributed by atoms with E-state index in [0.717, 1.165) is 11.8 Å². The van der Waals surface area contributed by atoms with Gasteiger partial charge in [-0.15, -0.1) is 0 Å². The summed E-state index contributed by atoms with van der Waals surface area (Å²) >= 11 is 12.0. The third-order valence-corrected chi connectivity index (χ3v) is 6.38. The minimum Gasteiger partial charge on any atom is -0.357 e. The van der Waals surface area contributed by atoms with E-state index in [1.807, 2.05) is 6.92 Å². The van der Waals surface area contributed by atoms with E-state index >= 15 is 0 Å². The van der Waals surface area contributed by atoms with Crippen LogP contribution in [0.5, 0.6) is 0 Å². The summed E-state index contributed by atoms with van der Waals surface area (Å²) in [5, 5.41) is 6.83. The molecule has 0 saturated heterocycles. The normalized spacial score (nSPS) is 12.3. The van der Waals surface area contributed by atoms with Gasteiger partial charge in [0.1, 0.15) is 15.9 Å². The molecule has 1 aromatic carbocycles. The van der Waals surface area contributed by atoms with E-state index in [2.05, 4.69) is 15.6 Å². The van der Waals surface area contributed by atoms with Crippen molar-refractivity contribution >= 4 is 39.0 Å². The Labute approximate surface area is 168 Å². The van der Waals surface area contributed by atoms with Crippen molar-refractivity contribution in [3.05, 3.63) is 52.0 Å². The van der Waals surface area contributed by atoms with Crippen LogP contribution in [-0.4, -0.2) is 37.8 Å². The number of guanidine groups is 1. The Morgan fingerprint density at radius 1 is 1.26 bits per heavy atom. The molecule has 0 aliphatic carbocycles. The first-order chi connectivity index (χ1) is 12.8. The van der Waals surface area contributed by atoms with Crippen LogP contribution in [0.15, 0.2) is 40.2 Å². The van der Waals surface area contributed by atoms with Gasteiger partial charge in [0.25, 0.3) is 0 Å². The zero-order valence-corrected chi connectivity index (χ0v) is 17.3. The molecule has 0 spiro atoms. The van der Waals surface area contributed by atoms with Crippen molar-refractivity contribution in [3.8, 4) is 0 Å². The molecule has 2 N–H and O–H groups in total. The van der Waals surface area contributed by atoms with E-state index in [1.54, 1.807) is 17.7 Å². The number of halogens is 3. The summed E-state index contributed by atoms with van der Waals surface area (Å²) in [6.45, 7) is 2.87. The van der Waals surface area contributed by atoms with Gasteiger partial charge >= 0.3 is 0 Å². The minimum atomic E-state index is -3.74. The number of hydrogen-bond donors (Lipinski definition) is 2. The second kappa shape index (κ2) is 9.43. The summed E-state index contributed by atoms with van der Waals surface area (Å²) < 4.78 is 40.0. The van der Waals surface area contributed by atoms with Gasteiger partial charge in [0, 0.05) is 25.8 Å². The SMILES string of the molecule is CCNC(=NCc1cc(Cl)c(Cl)n1C)NCCS(=O)(=O)c1ccccc1F. The van der Waals surface area contributed by atoms with Gasteiger partial charge in [0.05, 0.1) is 17.3 Å². The van der Waals surface area contributed by atoms with Gasteiger partial charge in [-0.3, -0.25) is 0 Å². The number of nitrogens with one attached hydrogen (secondary N) is 2. The molecule has 27 heavy (non-hydrogen) atoms. The van der Waals surface area contributed by atoms with Gasteiger partial charge in [-0.05, 0) is 25.1 Å². The lowest BCUT2D eigenvalue weighted by Gasteiger charge is -2.12. The number of sulfone groups is 1. The number of aromatic nitrogens is 1. The Morgan fingerprint density at radius 2 is 1.96 bits per heavy atom. The van der Waals surface area contributed by atoms with Crippen LogP contribution in [0, 0.1) is 5.82 Å². The number of aliphatic imine (C=N–C) groups is 1. The Morgan fingerprint density at radius 3 is 2.56 bits per heavy atom. The first-order valence-corrected chi connectivity index (χ1v) is 10.7. The Kier molecular flexibility index (Phi) is 7.52. The highest BCUT2D eigenvalue weighted by molar-refractivity contribution is 7.91. The van der Waals surface area contributed by atoms with Crippen LogP contribution >= 0.6 is 23.2 Å². The average Bonchev–Trinajstić information content (AvgIpc) is 2.86. The molecule has 2 aromatic rings. The van der Waals surface area contributed by atoms with Crippen molar-refractivity contribution < 1.29 is 12.8 Å². The fourth-order valence-corrected chi connectivity index (χ4v) is 4.01. The van der Waals surface area contributed by atoms with E-state index in [-0.39, 0.29) is 17.2 Å². The molecule has 0 bridgehead atoms. The first kappa shape index (κ1) is 21.5. The summed E-state index contributed by atoms with van der Waals surface area (Å²) in [7, 11) is -1.96. The van der Waals surface area contributed by atoms with Crippen LogP contribution in [0.4, 0.5) is 4.39 Å². The topological polar surface area (TPSA) is 75.5 Å². The predicted octanol–water partition coefficient (Wildman–Crippen LogP) is 3.00. The van der Waals surface area contributed by atoms with E-state index in [4.69, 9.17) is 23.2 Å². The number of benzene rings is 1. The Balaban J connectivity index is 2.02. The molecule has 0 unspecified atom stereocenters. The molecule has 0 amide bonds. The lowest BCUT2D eigenvalue weighted by atomic mass is 10.3. The molecule has 2 rings (SSSR count). The lowest BCUT2D eigenvalue weighted by Crippen LogP contribution is -2.39. The van der Waals surface area contributed by atoms with Crippen molar-refractivity contribution in [2.45, 2.75) is 18.4 Å². The van der Waals surface area contributed by atoms with Gasteiger partial charge in [-0.2, -0.15) is 0 Å². The third-order valence-electron chi connectivity index (χ3n) is 3.79. The first-order valence-electron chi connectivity index (χ1n) is 8.25. The Bertz CT molecular complexity index is 929. The largest absolute Gasteiger partial charge is 0.357 e. The van der Waals surface area contributed by atoms with E-state index in [0.29, 0.717) is 29.2 Å². The van der Waals surface area contributed by atoms with E-state index in [9.17, 15) is 12.8 Å². The minimum absolute atomic E-state index is 0.0805. The highest BCUT2D eigenvalue weighted by Crippen LogP contribution is 2.25. The average molecular weight is 435 g/mol. The van der Waals surface area contributed by atoms with Crippen LogP contribution in [0.25, 0.3) is 0 Å². The number of rotatable bonds is 7. The van der Waals surface area contributed by atoms with Crippen LogP contribution in [-0.2, 0) is 23.4 Å². The Hall–Kier alpha value is -1.77. The van der Waals surface area contributed by atoms with Crippen molar-refractivity contribution in [1.82, 2.24) is 15.2 Å². The molecule has 10 heteroatoms. The second-order valence-corrected chi connectivity index (χ2v) is 8.55. The van der Waals surface area contributed by atoms with Gasteiger partial charge in [0.15, 0.2) is 15.8 Å². The maximum atomic E-state index is 13.7. The monoisotopic (exact) mass is 434 g/mol. The molecule has 0 atom stereocenters. The maximum Gasteiger partial charge on any atom is 0.191 e. The number of nitrogens with zero attached hydrogens (tertiary/aromatic N) is 2. The number of hydrogen-bond acceptors (Lipinski definition) is 3. The predicted molar refractivity (Wildman–Crippen MR) is 107 cm³/mol. The van der Waals surface area contributed by atoms with E-state index < -0.39 is 15.7 Å². The smallest absolute Gasteiger partial charge is 0.191 e. The van der Waals surface area contributed by atoms with E-state index in [1.165, 1.54) is 18.2 Å². The zero-order valence-electron chi connectivity index (χ0n) is 15.0. The fourth-order valence-electron chi connectivity index (χ4n) is 2.35. The molecule has 0 radical (unpaired) electrons. The molecule has 1 aromatic heterocycles. The third kappa shape index (κ3) is 5.60. The summed E-state index contributed by atoms with van der Waals surface area (Å²) in [4.78, 5) is 4.09. The maximum absolute atomic E-state index is 13.7. The molecular formula is C17H21Cl2FN4O2S. The van der Waals surface area contributed by atoms with Crippen molar-refractivity contribution in [1.29, 1.82) is 0 Å². The summed E-state index contributed by atoms with van der Waals surface area (Å²) in [5.41, 5.74) is 0.807. The summed E-state index contributed by atoms with van der Waals surface area (Å²) in [5.74, 6) is -0.578. The molecule has 0 aliphatic heterocycles. The van der Waals surface area contributed by atoms with Crippen molar-refractivity contribution in [3.63, 3.8) is 0 Å². The highest BCUT2D eigenvalue weighted by Gasteiger charge is 2.18. The highest BCUT2D eigenvalue weighted by atomic mass is 35.5. The standard InChI is InChI=1S/C17H21Cl2FN4O2S/c1-3-21-17(23-11-12-10-13(18)16(19)24(12)2)22-8-9-27(25,26)15-7-5-4-6-14(15)20/h4-7,10H,3,8-9,11H2,1-2H3,(H2,21,22,23). The zero-order chi connectivity index (χ0) is 20.0. The lowest BCUT2D eigenvalue weighted by molar-refractivity contribution is 0.566. The van der Waals surface area contributed by atoms with Crippen molar-refractivity contribution in [2.75, 3.05) is 18.8 Å². The molecule has 0 fully saturated rings. The van der Waals surface area contributed by atoms with Crippen LogP contribution in [0.3, 0.4) is 0 Å². The van der Waals surface area contributed by atoms with Crippen LogP contribution in [0.2, 0.25) is 10.2 Å². The fraction of sp³-hybridized carbons (Fsp3) is 0.353. The molecule has 6 nitrogen and oxygen atoms in total. The summed E-state index contributed by atoms with van der Waals surface area (Å²) in [6.07, 6.45) is 0. The summed E-state index contributed by atoms with van der Waals surface area (Å²) in [6, 6.07) is 7.05. The quantitative estimate of drug-likeness (QED) is 0.518. The molecule has 1 heterocycles. The van der Waals surface area contributed by atoms with Gasteiger partial charge < -0.3 is 15.2 Å². The van der Waals surface area contributed by atoms with Crippen molar-refractivity contribution in [2.24, 2.45) is 12.0 Å². The molecule has 0 saturated carbocycles. The molecule has 148 valence electrons. The van der Waals surface area contributed by atoms with Gasteiger partial charge in [-0.25, -0.2) is 17.8 Å². The van der Waals surface area contributed by atoms with Gasteiger partial charge in [0.2, 0.25) is 0 Å². The van der Waals surface area contributed by atoms with Gasteiger partial charge in [-0.1, -0.05) is 35.3 Å². The molecule has 0 aliphatic rings. The second-order valence-electron chi connectivity index (χ2n) is 5.70. The molecular weight excluding hydrogens is 414 g/mol.